The molecule has 5 nitrogen and oxygen atoms in total. The lowest BCUT2D eigenvalue weighted by Gasteiger charge is -2.19. The SMILES string of the molecule is Cc1ccc(Cn2c(O)c(C(=O)c3ccc(C(C)(C)C)cc3)c(C)c(C#N)c2=O)cc1. The lowest BCUT2D eigenvalue weighted by Crippen LogP contribution is -2.27. The van der Waals surface area contributed by atoms with Crippen molar-refractivity contribution in [1.29, 1.82) is 5.26 Å². The Kier molecular flexibility index (Phi) is 5.85. The van der Waals surface area contributed by atoms with Crippen LogP contribution in [0.5, 0.6) is 5.88 Å². The highest BCUT2D eigenvalue weighted by atomic mass is 16.3. The predicted octanol–water partition coefficient (Wildman–Crippen LogP) is 4.62. The van der Waals surface area contributed by atoms with Gasteiger partial charge in [-0.2, -0.15) is 5.26 Å². The minimum absolute atomic E-state index is 0.0215. The van der Waals surface area contributed by atoms with E-state index in [-0.39, 0.29) is 28.7 Å². The Morgan fingerprint density at radius 1 is 1.03 bits per heavy atom. The molecule has 1 N–H and O–H groups in total. The molecule has 158 valence electrons. The number of nitriles is 1. The molecule has 0 bridgehead atoms. The van der Waals surface area contributed by atoms with Crippen molar-refractivity contribution >= 4 is 5.78 Å². The van der Waals surface area contributed by atoms with Gasteiger partial charge in [-0.05, 0) is 36.0 Å². The first-order chi connectivity index (χ1) is 14.5. The van der Waals surface area contributed by atoms with Crippen molar-refractivity contribution in [2.24, 2.45) is 0 Å². The fraction of sp³-hybridized carbons (Fsp3) is 0.269. The summed E-state index contributed by atoms with van der Waals surface area (Å²) in [5, 5.41) is 20.5. The fourth-order valence-corrected chi connectivity index (χ4v) is 3.51. The number of rotatable bonds is 4. The van der Waals surface area contributed by atoms with Crippen LogP contribution < -0.4 is 5.56 Å². The van der Waals surface area contributed by atoms with Gasteiger partial charge < -0.3 is 5.11 Å². The summed E-state index contributed by atoms with van der Waals surface area (Å²) in [5.41, 5.74) is 2.66. The van der Waals surface area contributed by atoms with E-state index in [2.05, 4.69) is 20.8 Å². The lowest BCUT2D eigenvalue weighted by atomic mass is 9.86. The van der Waals surface area contributed by atoms with Gasteiger partial charge in [0, 0.05) is 5.56 Å². The number of pyridine rings is 1. The second kappa shape index (κ2) is 8.23. The zero-order chi connectivity index (χ0) is 22.9. The molecule has 2 aromatic carbocycles. The zero-order valence-corrected chi connectivity index (χ0v) is 18.5. The maximum Gasteiger partial charge on any atom is 0.271 e. The van der Waals surface area contributed by atoms with Gasteiger partial charge in [0.1, 0.15) is 11.6 Å². The number of aryl methyl sites for hydroxylation is 1. The molecule has 3 rings (SSSR count). The van der Waals surface area contributed by atoms with Gasteiger partial charge >= 0.3 is 0 Å². The monoisotopic (exact) mass is 414 g/mol. The first-order valence-corrected chi connectivity index (χ1v) is 10.1. The van der Waals surface area contributed by atoms with Gasteiger partial charge in [0.2, 0.25) is 5.88 Å². The maximum absolute atomic E-state index is 13.3. The fourth-order valence-electron chi connectivity index (χ4n) is 3.51. The molecule has 3 aromatic rings. The number of aromatic nitrogens is 1. The minimum Gasteiger partial charge on any atom is -0.494 e. The molecule has 1 heterocycles. The Hall–Kier alpha value is -3.65. The first kappa shape index (κ1) is 22.0. The van der Waals surface area contributed by atoms with E-state index in [9.17, 15) is 20.0 Å². The Labute approximate surface area is 182 Å². The molecule has 5 heteroatoms. The molecule has 0 amide bonds. The number of carbonyl (C=O) groups is 1. The summed E-state index contributed by atoms with van der Waals surface area (Å²) in [7, 11) is 0. The van der Waals surface area contributed by atoms with E-state index in [1.807, 2.05) is 49.4 Å². The van der Waals surface area contributed by atoms with Crippen LogP contribution in [0.15, 0.2) is 53.3 Å². The number of hydrogen-bond donors (Lipinski definition) is 1. The quantitative estimate of drug-likeness (QED) is 0.632. The van der Waals surface area contributed by atoms with Crippen molar-refractivity contribution in [3.8, 4) is 11.9 Å². The van der Waals surface area contributed by atoms with Gasteiger partial charge in [-0.15, -0.1) is 0 Å². The summed E-state index contributed by atoms with van der Waals surface area (Å²) in [6.45, 7) is 9.78. The first-order valence-electron chi connectivity index (χ1n) is 10.1. The van der Waals surface area contributed by atoms with Gasteiger partial charge in [0.15, 0.2) is 5.78 Å². The van der Waals surface area contributed by atoms with E-state index in [4.69, 9.17) is 0 Å². The standard InChI is InChI=1S/C26H26N2O3/c1-16-6-8-18(9-7-16)15-28-24(30)21(14-27)17(2)22(25(28)31)23(29)19-10-12-20(13-11-19)26(3,4)5/h6-13,31H,15H2,1-5H3. The predicted molar refractivity (Wildman–Crippen MR) is 121 cm³/mol. The van der Waals surface area contributed by atoms with Crippen LogP contribution in [0.2, 0.25) is 0 Å². The van der Waals surface area contributed by atoms with Crippen LogP contribution in [0.3, 0.4) is 0 Å². The molecule has 0 radical (unpaired) electrons. The highest BCUT2D eigenvalue weighted by Gasteiger charge is 2.25. The molecule has 0 fully saturated rings. The zero-order valence-electron chi connectivity index (χ0n) is 18.5. The average Bonchev–Trinajstić information content (AvgIpc) is 2.72. The summed E-state index contributed by atoms with van der Waals surface area (Å²) < 4.78 is 1.09. The van der Waals surface area contributed by atoms with Crippen molar-refractivity contribution in [3.05, 3.63) is 97.8 Å². The third-order valence-corrected chi connectivity index (χ3v) is 5.50. The molecule has 0 saturated carbocycles. The Morgan fingerprint density at radius 3 is 2.13 bits per heavy atom. The highest BCUT2D eigenvalue weighted by Crippen LogP contribution is 2.27. The van der Waals surface area contributed by atoms with E-state index in [0.29, 0.717) is 5.56 Å². The molecule has 0 aliphatic rings. The molecule has 1 aromatic heterocycles. The Balaban J connectivity index is 2.13. The van der Waals surface area contributed by atoms with Gasteiger partial charge in [-0.1, -0.05) is 74.9 Å². The van der Waals surface area contributed by atoms with E-state index in [1.54, 1.807) is 12.1 Å². The second-order valence-electron chi connectivity index (χ2n) is 8.84. The number of aromatic hydroxyl groups is 1. The van der Waals surface area contributed by atoms with E-state index in [1.165, 1.54) is 6.92 Å². The number of ketones is 1. The molecule has 0 atom stereocenters. The maximum atomic E-state index is 13.3. The molecule has 0 aliphatic carbocycles. The largest absolute Gasteiger partial charge is 0.494 e. The summed E-state index contributed by atoms with van der Waals surface area (Å²) >= 11 is 0. The Bertz CT molecular complexity index is 1240. The third kappa shape index (κ3) is 4.29. The summed E-state index contributed by atoms with van der Waals surface area (Å²) in [6.07, 6.45) is 0. The van der Waals surface area contributed by atoms with E-state index >= 15 is 0 Å². The van der Waals surface area contributed by atoms with Crippen LogP contribution >= 0.6 is 0 Å². The van der Waals surface area contributed by atoms with Crippen LogP contribution in [0.25, 0.3) is 0 Å². The number of hydrogen-bond acceptors (Lipinski definition) is 4. The van der Waals surface area contributed by atoms with Gasteiger partial charge in [0.25, 0.3) is 5.56 Å². The van der Waals surface area contributed by atoms with E-state index < -0.39 is 17.2 Å². The van der Waals surface area contributed by atoms with E-state index in [0.717, 1.165) is 21.3 Å². The molecular weight excluding hydrogens is 388 g/mol. The summed E-state index contributed by atoms with van der Waals surface area (Å²) in [4.78, 5) is 26.1. The van der Waals surface area contributed by atoms with Gasteiger partial charge in [-0.3, -0.25) is 14.2 Å². The molecule has 0 spiro atoms. The van der Waals surface area contributed by atoms with Gasteiger partial charge in [-0.25, -0.2) is 0 Å². The minimum atomic E-state index is -0.613. The van der Waals surface area contributed by atoms with Crippen LogP contribution in [0.1, 0.15) is 64.5 Å². The van der Waals surface area contributed by atoms with Crippen molar-refractivity contribution in [1.82, 2.24) is 4.57 Å². The topological polar surface area (TPSA) is 83.1 Å². The van der Waals surface area contributed by atoms with Gasteiger partial charge in [0.05, 0.1) is 12.1 Å². The van der Waals surface area contributed by atoms with Crippen molar-refractivity contribution < 1.29 is 9.90 Å². The number of carbonyl (C=O) groups excluding carboxylic acids is 1. The third-order valence-electron chi connectivity index (χ3n) is 5.50. The lowest BCUT2D eigenvalue weighted by molar-refractivity contribution is 0.103. The summed E-state index contributed by atoms with van der Waals surface area (Å²) in [6, 6.07) is 16.6. The van der Waals surface area contributed by atoms with Crippen LogP contribution in [0.4, 0.5) is 0 Å². The average molecular weight is 415 g/mol. The molecule has 0 unspecified atom stereocenters. The van der Waals surface area contributed by atoms with Crippen molar-refractivity contribution in [2.45, 2.75) is 46.6 Å². The van der Waals surface area contributed by atoms with Crippen LogP contribution in [0, 0.1) is 25.2 Å². The highest BCUT2D eigenvalue weighted by molar-refractivity contribution is 6.11. The molecule has 0 saturated heterocycles. The summed E-state index contributed by atoms with van der Waals surface area (Å²) in [5.74, 6) is -0.850. The van der Waals surface area contributed by atoms with Crippen molar-refractivity contribution in [3.63, 3.8) is 0 Å². The van der Waals surface area contributed by atoms with Crippen molar-refractivity contribution in [2.75, 3.05) is 0 Å². The molecule has 31 heavy (non-hydrogen) atoms. The number of nitrogens with zero attached hydrogens (tertiary/aromatic N) is 2. The molecule has 0 aliphatic heterocycles. The van der Waals surface area contributed by atoms with Crippen LogP contribution in [-0.4, -0.2) is 15.5 Å². The normalized spacial score (nSPS) is 11.2. The second-order valence-corrected chi connectivity index (χ2v) is 8.84. The van der Waals surface area contributed by atoms with Crippen LogP contribution in [-0.2, 0) is 12.0 Å². The molecular formula is C26H26N2O3. The number of benzene rings is 2. The smallest absolute Gasteiger partial charge is 0.271 e. The Morgan fingerprint density at radius 2 is 1.61 bits per heavy atom.